The van der Waals surface area contributed by atoms with Gasteiger partial charge in [-0.1, -0.05) is 0 Å². The van der Waals surface area contributed by atoms with Gasteiger partial charge in [0.15, 0.2) is 5.96 Å². The second kappa shape index (κ2) is 15.0. The fourth-order valence-corrected chi connectivity index (χ4v) is 2.44. The van der Waals surface area contributed by atoms with Gasteiger partial charge < -0.3 is 49.7 Å². The van der Waals surface area contributed by atoms with Crippen LogP contribution in [-0.2, 0) is 28.8 Å². The van der Waals surface area contributed by atoms with Crippen LogP contribution in [0.2, 0.25) is 0 Å². The molecule has 0 spiro atoms. The van der Waals surface area contributed by atoms with Gasteiger partial charge in [0.25, 0.3) is 0 Å². The second-order valence-electron chi connectivity index (χ2n) is 6.97. The van der Waals surface area contributed by atoms with Crippen molar-refractivity contribution in [1.82, 2.24) is 16.0 Å². The number of hydrogen-bond acceptors (Lipinski definition) is 8. The topological polar surface area (TPSA) is 301 Å². The van der Waals surface area contributed by atoms with E-state index >= 15 is 0 Å². The molecule has 0 aliphatic carbocycles. The number of nitrogens with one attached hydrogen (secondary N) is 3. The van der Waals surface area contributed by atoms with Crippen LogP contribution in [-0.4, -0.2) is 77.8 Å². The number of carboxylic acids is 1. The summed E-state index contributed by atoms with van der Waals surface area (Å²) >= 11 is 0. The van der Waals surface area contributed by atoms with Crippen molar-refractivity contribution in [3.63, 3.8) is 0 Å². The van der Waals surface area contributed by atoms with Crippen molar-refractivity contribution >= 4 is 41.5 Å². The largest absolute Gasteiger partial charge is 0.480 e. The van der Waals surface area contributed by atoms with Crippen LogP contribution in [0.15, 0.2) is 4.99 Å². The lowest BCUT2D eigenvalue weighted by molar-refractivity contribution is -0.142. The lowest BCUT2D eigenvalue weighted by atomic mass is 10.1. The van der Waals surface area contributed by atoms with E-state index in [0.717, 1.165) is 0 Å². The summed E-state index contributed by atoms with van der Waals surface area (Å²) in [6, 6.07) is -3.84. The number of carbonyl (C=O) groups is 6. The zero-order valence-corrected chi connectivity index (χ0v) is 17.9. The molecular formula is C17H31N9O7. The first kappa shape index (κ1) is 29.0. The number of rotatable bonds is 16. The van der Waals surface area contributed by atoms with Crippen molar-refractivity contribution in [2.45, 2.75) is 50.2 Å². The number of carboxylic acid groups (broad SMARTS) is 1. The van der Waals surface area contributed by atoms with Crippen LogP contribution >= 0.6 is 0 Å². The average molecular weight is 473 g/mol. The van der Waals surface area contributed by atoms with Crippen molar-refractivity contribution < 1.29 is 33.9 Å². The van der Waals surface area contributed by atoms with E-state index in [1.54, 1.807) is 0 Å². The number of aliphatic imine (C=N–C) groups is 1. The molecule has 0 aromatic heterocycles. The SMILES string of the molecule is NC(=O)CCC(NC(=O)CNC(=O)C(CCCN=C(N)N)NC(=O)C(N)CC(N)=O)C(=O)O. The van der Waals surface area contributed by atoms with Gasteiger partial charge in [-0.25, -0.2) is 4.79 Å². The van der Waals surface area contributed by atoms with E-state index in [9.17, 15) is 28.8 Å². The zero-order chi connectivity index (χ0) is 25.6. The monoisotopic (exact) mass is 473 g/mol. The number of primary amides is 2. The number of carbonyl (C=O) groups excluding carboxylic acids is 5. The summed E-state index contributed by atoms with van der Waals surface area (Å²) in [6.45, 7) is -0.469. The maximum absolute atomic E-state index is 12.5. The first-order chi connectivity index (χ1) is 15.3. The summed E-state index contributed by atoms with van der Waals surface area (Å²) in [5, 5.41) is 15.9. The Morgan fingerprint density at radius 1 is 0.848 bits per heavy atom. The quantitative estimate of drug-likeness (QED) is 0.0582. The van der Waals surface area contributed by atoms with E-state index in [1.807, 2.05) is 0 Å². The van der Waals surface area contributed by atoms with Gasteiger partial charge >= 0.3 is 5.97 Å². The highest BCUT2D eigenvalue weighted by atomic mass is 16.4. The molecule has 0 bridgehead atoms. The summed E-state index contributed by atoms with van der Waals surface area (Å²) in [4.78, 5) is 73.3. The van der Waals surface area contributed by atoms with Crippen molar-refractivity contribution in [2.75, 3.05) is 13.1 Å². The van der Waals surface area contributed by atoms with Gasteiger partial charge in [-0.15, -0.1) is 0 Å². The molecule has 0 aliphatic heterocycles. The van der Waals surface area contributed by atoms with Gasteiger partial charge in [-0.2, -0.15) is 0 Å². The molecule has 0 aromatic carbocycles. The van der Waals surface area contributed by atoms with Gasteiger partial charge in [0.1, 0.15) is 12.1 Å². The maximum atomic E-state index is 12.5. The maximum Gasteiger partial charge on any atom is 0.326 e. The number of hydrogen-bond donors (Lipinski definition) is 9. The Labute approximate surface area is 189 Å². The fourth-order valence-electron chi connectivity index (χ4n) is 2.44. The highest BCUT2D eigenvalue weighted by Crippen LogP contribution is 2.01. The molecule has 0 saturated carbocycles. The molecule has 14 N–H and O–H groups in total. The van der Waals surface area contributed by atoms with Gasteiger partial charge in [-0.05, 0) is 19.3 Å². The Morgan fingerprint density at radius 2 is 1.48 bits per heavy atom. The Morgan fingerprint density at radius 3 is 2.00 bits per heavy atom. The van der Waals surface area contributed by atoms with Crippen LogP contribution < -0.4 is 44.6 Å². The molecule has 0 heterocycles. The normalized spacial score (nSPS) is 13.0. The molecule has 33 heavy (non-hydrogen) atoms. The Balaban J connectivity index is 5.00. The zero-order valence-electron chi connectivity index (χ0n) is 17.9. The van der Waals surface area contributed by atoms with Crippen molar-refractivity contribution in [2.24, 2.45) is 33.7 Å². The molecule has 0 saturated heterocycles. The Kier molecular flexibility index (Phi) is 13.2. The molecule has 16 heteroatoms. The standard InChI is InChI=1S/C17H31N9O7/c18-8(6-12(20)28)14(30)26-9(2-1-5-23-17(21)22)15(31)24-7-13(29)25-10(16(32)33)3-4-11(19)27/h8-10H,1-7,18H2,(H2,19,27)(H2,20,28)(H,24,31)(H,25,29)(H,26,30)(H,32,33)(H4,21,22,23). The predicted octanol–water partition coefficient (Wildman–Crippen LogP) is -5.32. The van der Waals surface area contributed by atoms with Crippen LogP contribution in [0.1, 0.15) is 32.1 Å². The molecule has 0 aliphatic rings. The summed E-state index contributed by atoms with van der Waals surface area (Å²) in [5.74, 6) is -5.55. The summed E-state index contributed by atoms with van der Waals surface area (Å²) < 4.78 is 0. The van der Waals surface area contributed by atoms with Crippen LogP contribution in [0.3, 0.4) is 0 Å². The van der Waals surface area contributed by atoms with Crippen LogP contribution in [0.4, 0.5) is 0 Å². The van der Waals surface area contributed by atoms with Gasteiger partial charge in [0.05, 0.1) is 19.0 Å². The van der Waals surface area contributed by atoms with E-state index in [1.165, 1.54) is 0 Å². The molecule has 3 unspecified atom stereocenters. The highest BCUT2D eigenvalue weighted by molar-refractivity contribution is 5.94. The number of nitrogens with zero attached hydrogens (tertiary/aromatic N) is 1. The third kappa shape index (κ3) is 13.9. The minimum Gasteiger partial charge on any atom is -0.480 e. The smallest absolute Gasteiger partial charge is 0.326 e. The minimum atomic E-state index is -1.39. The summed E-state index contributed by atoms with van der Waals surface area (Å²) in [7, 11) is 0. The molecule has 0 fully saturated rings. The first-order valence-electron chi connectivity index (χ1n) is 9.81. The molecule has 0 aromatic rings. The fraction of sp³-hybridized carbons (Fsp3) is 0.588. The highest BCUT2D eigenvalue weighted by Gasteiger charge is 2.25. The third-order valence-corrected chi connectivity index (χ3v) is 4.07. The summed E-state index contributed by atoms with van der Waals surface area (Å²) in [6.07, 6.45) is -0.625. The van der Waals surface area contributed by atoms with Crippen molar-refractivity contribution in [3.05, 3.63) is 0 Å². The predicted molar refractivity (Wildman–Crippen MR) is 115 cm³/mol. The number of nitrogens with two attached hydrogens (primary N) is 5. The average Bonchev–Trinajstić information content (AvgIpc) is 2.70. The van der Waals surface area contributed by atoms with Crippen molar-refractivity contribution in [3.8, 4) is 0 Å². The molecule has 16 nitrogen and oxygen atoms in total. The molecule has 0 radical (unpaired) electrons. The summed E-state index contributed by atoms with van der Waals surface area (Å²) in [5.41, 5.74) is 26.0. The van der Waals surface area contributed by atoms with E-state index in [4.69, 9.17) is 33.8 Å². The van der Waals surface area contributed by atoms with Gasteiger partial charge in [-0.3, -0.25) is 29.0 Å². The Hall–Kier alpha value is -3.95. The lowest BCUT2D eigenvalue weighted by Gasteiger charge is -2.20. The van der Waals surface area contributed by atoms with Gasteiger partial charge in [0.2, 0.25) is 29.5 Å². The molecular weight excluding hydrogens is 442 g/mol. The van der Waals surface area contributed by atoms with Crippen LogP contribution in [0.5, 0.6) is 0 Å². The Bertz CT molecular complexity index is 768. The lowest BCUT2D eigenvalue weighted by Crippen LogP contribution is -2.54. The van der Waals surface area contributed by atoms with Crippen LogP contribution in [0, 0.1) is 0 Å². The van der Waals surface area contributed by atoms with E-state index in [2.05, 4.69) is 20.9 Å². The molecule has 186 valence electrons. The second-order valence-corrected chi connectivity index (χ2v) is 6.97. The molecule has 0 rings (SSSR count). The van der Waals surface area contributed by atoms with Crippen LogP contribution in [0.25, 0.3) is 0 Å². The van der Waals surface area contributed by atoms with E-state index in [-0.39, 0.29) is 38.2 Å². The number of guanidine groups is 1. The van der Waals surface area contributed by atoms with E-state index < -0.39 is 66.6 Å². The number of aliphatic carboxylic acids is 1. The number of amides is 5. The third-order valence-electron chi connectivity index (χ3n) is 4.07. The van der Waals surface area contributed by atoms with E-state index in [0.29, 0.717) is 0 Å². The molecule has 5 amide bonds. The molecule has 3 atom stereocenters. The van der Waals surface area contributed by atoms with Gasteiger partial charge in [0, 0.05) is 13.0 Å². The first-order valence-corrected chi connectivity index (χ1v) is 9.81. The minimum absolute atomic E-state index is 0.0512. The van der Waals surface area contributed by atoms with Crippen molar-refractivity contribution in [1.29, 1.82) is 0 Å².